The Bertz CT molecular complexity index is 1290. The zero-order valence-corrected chi connectivity index (χ0v) is 24.0. The Labute approximate surface area is 240 Å². The second kappa shape index (κ2) is 13.5. The van der Waals surface area contributed by atoms with Crippen molar-refractivity contribution in [1.82, 2.24) is 35.1 Å². The Balaban J connectivity index is 1.28. The van der Waals surface area contributed by atoms with Crippen molar-refractivity contribution in [2.24, 2.45) is 5.92 Å². The van der Waals surface area contributed by atoms with E-state index in [1.54, 1.807) is 18.3 Å². The Morgan fingerprint density at radius 2 is 1.83 bits per heavy atom. The number of amides is 1. The van der Waals surface area contributed by atoms with Gasteiger partial charge in [-0.2, -0.15) is 0 Å². The molecule has 0 atom stereocenters. The van der Waals surface area contributed by atoms with Crippen molar-refractivity contribution in [3.63, 3.8) is 0 Å². The zero-order chi connectivity index (χ0) is 28.8. The molecule has 3 aromatic rings. The number of anilines is 1. The lowest BCUT2D eigenvalue weighted by atomic mass is 10.1. The van der Waals surface area contributed by atoms with Crippen molar-refractivity contribution in [2.75, 3.05) is 78.5 Å². The zero-order valence-electron chi connectivity index (χ0n) is 24.0. The summed E-state index contributed by atoms with van der Waals surface area (Å²) < 4.78 is 25.5. The number of likely N-dealkylation sites (N-methyl/N-ethyl adjacent to an activating group) is 1. The molecule has 2 aromatic heterocycles. The van der Waals surface area contributed by atoms with Crippen molar-refractivity contribution < 1.29 is 18.7 Å². The minimum absolute atomic E-state index is 0.0546. The predicted octanol–water partition coefficient (Wildman–Crippen LogP) is 2.02. The molecule has 2 aliphatic heterocycles. The number of piperazine rings is 1. The summed E-state index contributed by atoms with van der Waals surface area (Å²) in [4.78, 5) is 36.7. The van der Waals surface area contributed by atoms with Crippen molar-refractivity contribution in [1.29, 1.82) is 0 Å². The number of carbonyl (C=O) groups is 1. The number of H-pyrrole nitrogens is 1. The molecule has 5 rings (SSSR count). The topological polar surface area (TPSA) is 112 Å². The number of rotatable bonds is 10. The summed E-state index contributed by atoms with van der Waals surface area (Å²) in [5.41, 5.74) is 2.84. The lowest BCUT2D eigenvalue weighted by Gasteiger charge is -2.32. The largest absolute Gasteiger partial charge is 0.356 e. The number of hydrogen-bond acceptors (Lipinski definition) is 9. The van der Waals surface area contributed by atoms with Crippen LogP contribution in [-0.4, -0.2) is 116 Å². The van der Waals surface area contributed by atoms with Crippen LogP contribution in [0.25, 0.3) is 22.6 Å². The summed E-state index contributed by atoms with van der Waals surface area (Å²) in [6, 6.07) is 8.09. The molecule has 0 radical (unpaired) electrons. The Morgan fingerprint density at radius 3 is 2.54 bits per heavy atom. The van der Waals surface area contributed by atoms with Gasteiger partial charge in [0.15, 0.2) is 6.29 Å². The first kappa shape index (κ1) is 29.1. The van der Waals surface area contributed by atoms with Crippen LogP contribution < -0.4 is 10.2 Å². The molecule has 11 nitrogen and oxygen atoms in total. The Kier molecular flexibility index (Phi) is 9.55. The molecule has 1 amide bonds. The summed E-state index contributed by atoms with van der Waals surface area (Å²) in [5.74, 6) is 0.603. The summed E-state index contributed by atoms with van der Waals surface area (Å²) in [5, 5.41) is 2.96. The van der Waals surface area contributed by atoms with Crippen molar-refractivity contribution in [2.45, 2.75) is 19.1 Å². The van der Waals surface area contributed by atoms with E-state index in [0.29, 0.717) is 36.1 Å². The number of carbonyl (C=O) groups excluding carboxylic acids is 1. The average molecular weight is 567 g/mol. The number of nitrogens with one attached hydrogen (secondary N) is 2. The number of halogens is 1. The molecular formula is C29H39FN8O3. The van der Waals surface area contributed by atoms with E-state index in [4.69, 9.17) is 19.4 Å². The number of aromatic nitrogens is 4. The number of benzene rings is 1. The van der Waals surface area contributed by atoms with E-state index in [1.165, 1.54) is 12.1 Å². The summed E-state index contributed by atoms with van der Waals surface area (Å²) in [7, 11) is 6.13. The van der Waals surface area contributed by atoms with Gasteiger partial charge >= 0.3 is 0 Å². The van der Waals surface area contributed by atoms with Crippen LogP contribution in [0, 0.1) is 11.7 Å². The molecule has 0 saturated carbocycles. The van der Waals surface area contributed by atoms with Crippen LogP contribution in [-0.2, 0) is 20.7 Å². The fourth-order valence-electron chi connectivity index (χ4n) is 4.89. The van der Waals surface area contributed by atoms with Gasteiger partial charge in [-0.3, -0.25) is 4.79 Å². The van der Waals surface area contributed by atoms with Crippen LogP contribution in [0.3, 0.4) is 0 Å². The Morgan fingerprint density at radius 1 is 1.10 bits per heavy atom. The highest BCUT2D eigenvalue weighted by Crippen LogP contribution is 2.31. The summed E-state index contributed by atoms with van der Waals surface area (Å²) in [6.45, 7) is 5.70. The van der Waals surface area contributed by atoms with Gasteiger partial charge in [0.2, 0.25) is 11.9 Å². The van der Waals surface area contributed by atoms with E-state index >= 15 is 0 Å². The van der Waals surface area contributed by atoms with E-state index in [0.717, 1.165) is 50.4 Å². The minimum Gasteiger partial charge on any atom is -0.356 e. The fourth-order valence-corrected chi connectivity index (χ4v) is 4.89. The molecule has 2 saturated heterocycles. The maximum absolute atomic E-state index is 13.7. The van der Waals surface area contributed by atoms with Crippen LogP contribution in [0.2, 0.25) is 0 Å². The molecule has 2 N–H and O–H groups in total. The average Bonchev–Trinajstić information content (AvgIpc) is 3.40. The molecule has 41 heavy (non-hydrogen) atoms. The second-order valence-electron chi connectivity index (χ2n) is 10.9. The number of imidazole rings is 1. The molecule has 2 aliphatic rings. The molecule has 12 heteroatoms. The van der Waals surface area contributed by atoms with Gasteiger partial charge in [-0.05, 0) is 64.4 Å². The standard InChI is InChI=1S/C29H39FN8O3/c1-36(2)12-4-10-31-28(39)21-18-40-25(41-19-21)17-24-34-26(20-5-7-22(30)8-6-20)27(35-24)23-9-11-32-29(33-23)38-15-13-37(3)14-16-38/h5-9,11,21,25H,4,10,12-19H2,1-3H3,(H,31,39)(H,34,35). The first-order valence-electron chi connectivity index (χ1n) is 14.1. The highest BCUT2D eigenvalue weighted by atomic mass is 19.1. The molecule has 4 heterocycles. The van der Waals surface area contributed by atoms with E-state index < -0.39 is 6.29 Å². The van der Waals surface area contributed by atoms with Gasteiger partial charge in [0.05, 0.1) is 42.6 Å². The van der Waals surface area contributed by atoms with Crippen molar-refractivity contribution in [3.8, 4) is 22.6 Å². The van der Waals surface area contributed by atoms with Gasteiger partial charge in [0, 0.05) is 44.5 Å². The van der Waals surface area contributed by atoms with Crippen LogP contribution in [0.4, 0.5) is 10.3 Å². The molecule has 0 bridgehead atoms. The summed E-state index contributed by atoms with van der Waals surface area (Å²) in [6.07, 6.45) is 2.46. The lowest BCUT2D eigenvalue weighted by Crippen LogP contribution is -2.45. The number of hydrogen-bond donors (Lipinski definition) is 2. The maximum Gasteiger partial charge on any atom is 0.227 e. The van der Waals surface area contributed by atoms with Gasteiger partial charge in [-0.1, -0.05) is 0 Å². The smallest absolute Gasteiger partial charge is 0.227 e. The Hall–Kier alpha value is -3.45. The highest BCUT2D eigenvalue weighted by molar-refractivity contribution is 5.79. The number of nitrogens with zero attached hydrogens (tertiary/aromatic N) is 6. The molecule has 0 spiro atoms. The van der Waals surface area contributed by atoms with E-state index in [9.17, 15) is 9.18 Å². The maximum atomic E-state index is 13.7. The van der Waals surface area contributed by atoms with Crippen LogP contribution in [0.15, 0.2) is 36.5 Å². The van der Waals surface area contributed by atoms with Crippen LogP contribution in [0.5, 0.6) is 0 Å². The molecule has 0 unspecified atom stereocenters. The van der Waals surface area contributed by atoms with Crippen molar-refractivity contribution in [3.05, 3.63) is 48.2 Å². The van der Waals surface area contributed by atoms with Gasteiger partial charge in [-0.15, -0.1) is 0 Å². The molecule has 1 aromatic carbocycles. The van der Waals surface area contributed by atoms with Gasteiger partial charge < -0.3 is 34.5 Å². The second-order valence-corrected chi connectivity index (χ2v) is 10.9. The van der Waals surface area contributed by atoms with Gasteiger partial charge in [0.1, 0.15) is 11.6 Å². The normalized spacial score (nSPS) is 20.0. The third kappa shape index (κ3) is 7.64. The van der Waals surface area contributed by atoms with Crippen LogP contribution >= 0.6 is 0 Å². The highest BCUT2D eigenvalue weighted by Gasteiger charge is 2.29. The van der Waals surface area contributed by atoms with Gasteiger partial charge in [0.25, 0.3) is 0 Å². The minimum atomic E-state index is -0.542. The number of aromatic amines is 1. The lowest BCUT2D eigenvalue weighted by molar-refractivity contribution is -0.200. The summed E-state index contributed by atoms with van der Waals surface area (Å²) >= 11 is 0. The van der Waals surface area contributed by atoms with Crippen LogP contribution in [0.1, 0.15) is 12.2 Å². The molecule has 0 aliphatic carbocycles. The first-order chi connectivity index (χ1) is 19.9. The van der Waals surface area contributed by atoms with E-state index in [2.05, 4.69) is 37.0 Å². The third-order valence-electron chi connectivity index (χ3n) is 7.33. The van der Waals surface area contributed by atoms with E-state index in [1.807, 2.05) is 20.2 Å². The monoisotopic (exact) mass is 566 g/mol. The SMILES string of the molecule is CN(C)CCCNC(=O)C1COC(Cc2nc(-c3ccc(F)cc3)c(-c3ccnc(N4CCN(C)CC4)n3)[nH]2)OC1. The first-order valence-corrected chi connectivity index (χ1v) is 14.1. The quantitative estimate of drug-likeness (QED) is 0.356. The molecule has 2 fully saturated rings. The third-order valence-corrected chi connectivity index (χ3v) is 7.33. The van der Waals surface area contributed by atoms with Gasteiger partial charge in [-0.25, -0.2) is 19.3 Å². The fraction of sp³-hybridized carbons (Fsp3) is 0.517. The van der Waals surface area contributed by atoms with Crippen molar-refractivity contribution >= 4 is 11.9 Å². The molecule has 220 valence electrons. The number of ether oxygens (including phenoxy) is 2. The van der Waals surface area contributed by atoms with E-state index in [-0.39, 0.29) is 30.9 Å². The molecular weight excluding hydrogens is 527 g/mol. The predicted molar refractivity (Wildman–Crippen MR) is 154 cm³/mol.